The fourth-order valence-electron chi connectivity index (χ4n) is 3.85. The van der Waals surface area contributed by atoms with Gasteiger partial charge in [-0.3, -0.25) is 9.58 Å². The largest absolute Gasteiger partial charge is 0.488 e. The minimum Gasteiger partial charge on any atom is -0.488 e. The van der Waals surface area contributed by atoms with Crippen molar-refractivity contribution in [2.24, 2.45) is 7.05 Å². The van der Waals surface area contributed by atoms with Crippen LogP contribution in [0.4, 0.5) is 0 Å². The molecule has 128 valence electrons. The van der Waals surface area contributed by atoms with Gasteiger partial charge in [0.15, 0.2) is 0 Å². The Balaban J connectivity index is 1.29. The predicted molar refractivity (Wildman–Crippen MR) is 91.9 cm³/mol. The fraction of sp³-hybridized carbons (Fsp3) is 0.526. The first-order valence-corrected chi connectivity index (χ1v) is 8.76. The fourth-order valence-corrected chi connectivity index (χ4v) is 3.85. The molecule has 2 aliphatic rings. The lowest BCUT2D eigenvalue weighted by atomic mass is 9.88. The van der Waals surface area contributed by atoms with Crippen LogP contribution in [0.25, 0.3) is 0 Å². The third kappa shape index (κ3) is 3.47. The third-order valence-corrected chi connectivity index (χ3v) is 5.15. The van der Waals surface area contributed by atoms with E-state index in [4.69, 9.17) is 9.47 Å². The summed E-state index contributed by atoms with van der Waals surface area (Å²) >= 11 is 0. The van der Waals surface area contributed by atoms with Crippen LogP contribution < -0.4 is 4.74 Å². The van der Waals surface area contributed by atoms with Gasteiger partial charge in [0, 0.05) is 44.9 Å². The van der Waals surface area contributed by atoms with Crippen molar-refractivity contribution in [1.82, 2.24) is 14.7 Å². The molecule has 0 aliphatic carbocycles. The SMILES string of the molecule is Cn1cc(CN2CCC3(CC2)C[C@H](Oc2ccccc2)CO3)cn1. The van der Waals surface area contributed by atoms with Crippen LogP contribution in [0.1, 0.15) is 24.8 Å². The summed E-state index contributed by atoms with van der Waals surface area (Å²) in [5.41, 5.74) is 1.30. The Kier molecular flexibility index (Phi) is 4.29. The van der Waals surface area contributed by atoms with Crippen molar-refractivity contribution in [3.8, 4) is 5.75 Å². The molecule has 0 radical (unpaired) electrons. The normalized spacial score (nSPS) is 23.6. The Morgan fingerprint density at radius 3 is 2.75 bits per heavy atom. The summed E-state index contributed by atoms with van der Waals surface area (Å²) < 4.78 is 14.1. The monoisotopic (exact) mass is 327 g/mol. The number of hydrogen-bond donors (Lipinski definition) is 0. The highest BCUT2D eigenvalue weighted by Crippen LogP contribution is 2.37. The number of ether oxygens (including phenoxy) is 2. The van der Waals surface area contributed by atoms with Gasteiger partial charge in [-0.1, -0.05) is 18.2 Å². The van der Waals surface area contributed by atoms with Crippen LogP contribution in [-0.4, -0.2) is 46.1 Å². The zero-order valence-corrected chi connectivity index (χ0v) is 14.2. The summed E-state index contributed by atoms with van der Waals surface area (Å²) in [5.74, 6) is 0.942. The van der Waals surface area contributed by atoms with Crippen LogP contribution in [0.15, 0.2) is 42.7 Å². The van der Waals surface area contributed by atoms with Crippen LogP contribution in [0, 0.1) is 0 Å². The molecule has 0 unspecified atom stereocenters. The van der Waals surface area contributed by atoms with E-state index >= 15 is 0 Å². The molecular weight excluding hydrogens is 302 g/mol. The molecule has 1 atom stereocenters. The first-order valence-electron chi connectivity index (χ1n) is 8.76. The van der Waals surface area contributed by atoms with Gasteiger partial charge in [-0.15, -0.1) is 0 Å². The molecule has 24 heavy (non-hydrogen) atoms. The van der Waals surface area contributed by atoms with Crippen molar-refractivity contribution < 1.29 is 9.47 Å². The summed E-state index contributed by atoms with van der Waals surface area (Å²) in [6.45, 7) is 3.84. The van der Waals surface area contributed by atoms with E-state index in [0.717, 1.165) is 44.6 Å². The number of likely N-dealkylation sites (tertiary alicyclic amines) is 1. The minimum atomic E-state index is 0.0187. The summed E-state index contributed by atoms with van der Waals surface area (Å²) in [6, 6.07) is 10.1. The van der Waals surface area contributed by atoms with Crippen molar-refractivity contribution in [1.29, 1.82) is 0 Å². The van der Waals surface area contributed by atoms with E-state index in [0.29, 0.717) is 6.61 Å². The van der Waals surface area contributed by atoms with Gasteiger partial charge in [0.05, 0.1) is 18.4 Å². The number of aromatic nitrogens is 2. The quantitative estimate of drug-likeness (QED) is 0.865. The average molecular weight is 327 g/mol. The van der Waals surface area contributed by atoms with Gasteiger partial charge in [-0.2, -0.15) is 5.10 Å². The van der Waals surface area contributed by atoms with Gasteiger partial charge in [0.1, 0.15) is 11.9 Å². The summed E-state index contributed by atoms with van der Waals surface area (Å²) in [5, 5.41) is 4.25. The maximum absolute atomic E-state index is 6.20. The van der Waals surface area contributed by atoms with E-state index in [-0.39, 0.29) is 11.7 Å². The highest BCUT2D eigenvalue weighted by Gasteiger charge is 2.43. The van der Waals surface area contributed by atoms with Gasteiger partial charge in [-0.05, 0) is 25.0 Å². The maximum Gasteiger partial charge on any atom is 0.125 e. The van der Waals surface area contributed by atoms with Crippen molar-refractivity contribution in [2.45, 2.75) is 37.5 Å². The molecule has 3 heterocycles. The average Bonchev–Trinajstić information content (AvgIpc) is 3.18. The molecule has 5 heteroatoms. The van der Waals surface area contributed by atoms with E-state index in [1.807, 2.05) is 48.3 Å². The molecule has 2 aliphatic heterocycles. The van der Waals surface area contributed by atoms with Crippen molar-refractivity contribution in [3.05, 3.63) is 48.3 Å². The third-order valence-electron chi connectivity index (χ3n) is 5.15. The van der Waals surface area contributed by atoms with E-state index < -0.39 is 0 Å². The zero-order valence-electron chi connectivity index (χ0n) is 14.2. The smallest absolute Gasteiger partial charge is 0.125 e. The molecule has 0 saturated carbocycles. The molecular formula is C19H25N3O2. The topological polar surface area (TPSA) is 39.5 Å². The first kappa shape index (κ1) is 15.7. The van der Waals surface area contributed by atoms with Gasteiger partial charge in [-0.25, -0.2) is 0 Å². The van der Waals surface area contributed by atoms with Crippen molar-refractivity contribution in [3.63, 3.8) is 0 Å². The first-order chi connectivity index (χ1) is 11.7. The highest BCUT2D eigenvalue weighted by atomic mass is 16.6. The van der Waals surface area contributed by atoms with Gasteiger partial charge >= 0.3 is 0 Å². The molecule has 5 nitrogen and oxygen atoms in total. The zero-order chi connectivity index (χ0) is 16.4. The molecule has 1 aromatic heterocycles. The molecule has 1 spiro atoms. The second kappa shape index (κ2) is 6.57. The molecule has 0 bridgehead atoms. The second-order valence-corrected chi connectivity index (χ2v) is 7.05. The molecule has 0 amide bonds. The van der Waals surface area contributed by atoms with Crippen LogP contribution in [0.3, 0.4) is 0 Å². The van der Waals surface area contributed by atoms with E-state index in [1.54, 1.807) is 0 Å². The van der Waals surface area contributed by atoms with Crippen LogP contribution in [0.2, 0.25) is 0 Å². The summed E-state index contributed by atoms with van der Waals surface area (Å²) in [6.07, 6.45) is 7.41. The Morgan fingerprint density at radius 1 is 1.25 bits per heavy atom. The lowest BCUT2D eigenvalue weighted by Gasteiger charge is -2.38. The minimum absolute atomic E-state index is 0.0187. The Labute approximate surface area is 143 Å². The maximum atomic E-state index is 6.20. The highest BCUT2D eigenvalue weighted by molar-refractivity contribution is 5.21. The Bertz CT molecular complexity index is 662. The van der Waals surface area contributed by atoms with Gasteiger partial charge < -0.3 is 9.47 Å². The Morgan fingerprint density at radius 2 is 2.04 bits per heavy atom. The van der Waals surface area contributed by atoms with Gasteiger partial charge in [0.25, 0.3) is 0 Å². The Hall–Kier alpha value is -1.85. The predicted octanol–water partition coefficient (Wildman–Crippen LogP) is 2.62. The van der Waals surface area contributed by atoms with Crippen LogP contribution in [0.5, 0.6) is 5.75 Å². The number of aryl methyl sites for hydroxylation is 1. The summed E-state index contributed by atoms with van der Waals surface area (Å²) in [7, 11) is 1.97. The van der Waals surface area contributed by atoms with Gasteiger partial charge in [0.2, 0.25) is 0 Å². The number of nitrogens with zero attached hydrogens (tertiary/aromatic N) is 3. The molecule has 2 aromatic rings. The van der Waals surface area contributed by atoms with Crippen molar-refractivity contribution in [2.75, 3.05) is 19.7 Å². The van der Waals surface area contributed by atoms with E-state index in [1.165, 1.54) is 5.56 Å². The molecule has 0 N–H and O–H groups in total. The lowest BCUT2D eigenvalue weighted by Crippen LogP contribution is -2.44. The lowest BCUT2D eigenvalue weighted by molar-refractivity contribution is -0.0454. The standard InChI is InChI=1S/C19H25N3O2/c1-21-13-16(12-20-21)14-22-9-7-19(8-10-22)11-18(15-23-19)24-17-5-3-2-4-6-17/h2-6,12-13,18H,7-11,14-15H2,1H3/t18-/m0/s1. The number of benzene rings is 1. The number of piperidine rings is 1. The number of para-hydroxylation sites is 1. The van der Waals surface area contributed by atoms with E-state index in [2.05, 4.69) is 16.2 Å². The van der Waals surface area contributed by atoms with Crippen LogP contribution in [-0.2, 0) is 18.3 Å². The molecule has 2 saturated heterocycles. The van der Waals surface area contributed by atoms with Crippen LogP contribution >= 0.6 is 0 Å². The molecule has 2 fully saturated rings. The number of rotatable bonds is 4. The van der Waals surface area contributed by atoms with Crippen molar-refractivity contribution >= 4 is 0 Å². The summed E-state index contributed by atoms with van der Waals surface area (Å²) in [4.78, 5) is 2.50. The molecule has 4 rings (SSSR count). The second-order valence-electron chi connectivity index (χ2n) is 7.05. The molecule has 1 aromatic carbocycles. The number of hydrogen-bond acceptors (Lipinski definition) is 4. The van der Waals surface area contributed by atoms with E-state index in [9.17, 15) is 0 Å².